The Bertz CT molecular complexity index is 798. The molecule has 0 bridgehead atoms. The second-order valence-electron chi connectivity index (χ2n) is 7.62. The van der Waals surface area contributed by atoms with Crippen LogP contribution in [-0.2, 0) is 4.74 Å². The van der Waals surface area contributed by atoms with Crippen LogP contribution in [0.4, 0.5) is 4.79 Å². The number of nitrogens with zero attached hydrogens (tertiary/aromatic N) is 3. The number of likely N-dealkylation sites (tertiary alicyclic amines) is 1. The molecule has 2 aliphatic rings. The minimum atomic E-state index is -0.249. The fraction of sp³-hybridized carbons (Fsp3) is 0.545. The maximum Gasteiger partial charge on any atom is 0.409 e. The molecule has 168 valence electrons. The maximum absolute atomic E-state index is 12.4. The number of aliphatic imine (C=N–C) groups is 1. The number of ether oxygens (including phenoxy) is 1. The van der Waals surface area contributed by atoms with Gasteiger partial charge in [-0.3, -0.25) is 19.5 Å². The smallest absolute Gasteiger partial charge is 0.409 e. The van der Waals surface area contributed by atoms with Crippen molar-refractivity contribution in [2.45, 2.75) is 38.6 Å². The SMILES string of the molecule is CCOC(=O)N1CCC(NC(=NC)NCCCCN2C(=O)c3ccccc3C2=O)CC1. The Kier molecular flexibility index (Phi) is 7.86. The second-order valence-corrected chi connectivity index (χ2v) is 7.62. The number of hydrogen-bond acceptors (Lipinski definition) is 5. The normalized spacial score (nSPS) is 17.0. The van der Waals surface area contributed by atoms with Crippen molar-refractivity contribution in [3.63, 3.8) is 0 Å². The van der Waals surface area contributed by atoms with Crippen LogP contribution < -0.4 is 10.6 Å². The molecule has 0 aliphatic carbocycles. The van der Waals surface area contributed by atoms with E-state index in [0.29, 0.717) is 50.3 Å². The van der Waals surface area contributed by atoms with Gasteiger partial charge < -0.3 is 20.3 Å². The lowest BCUT2D eigenvalue weighted by Gasteiger charge is -2.32. The molecule has 1 aromatic rings. The van der Waals surface area contributed by atoms with Crippen LogP contribution in [0.1, 0.15) is 53.3 Å². The van der Waals surface area contributed by atoms with Gasteiger partial charge >= 0.3 is 6.09 Å². The molecule has 0 spiro atoms. The molecule has 0 radical (unpaired) electrons. The minimum absolute atomic E-state index is 0.208. The number of amides is 3. The van der Waals surface area contributed by atoms with Crippen molar-refractivity contribution in [3.05, 3.63) is 35.4 Å². The molecule has 0 aromatic heterocycles. The first-order valence-corrected chi connectivity index (χ1v) is 10.9. The zero-order valence-electron chi connectivity index (χ0n) is 18.2. The van der Waals surface area contributed by atoms with E-state index in [1.807, 2.05) is 6.92 Å². The van der Waals surface area contributed by atoms with Crippen LogP contribution in [0.3, 0.4) is 0 Å². The summed E-state index contributed by atoms with van der Waals surface area (Å²) in [5.41, 5.74) is 0.980. The molecule has 1 saturated heterocycles. The van der Waals surface area contributed by atoms with Crippen molar-refractivity contribution < 1.29 is 19.1 Å². The van der Waals surface area contributed by atoms with Gasteiger partial charge in [0.05, 0.1) is 17.7 Å². The third kappa shape index (κ3) is 5.53. The highest BCUT2D eigenvalue weighted by Crippen LogP contribution is 2.22. The van der Waals surface area contributed by atoms with Crippen molar-refractivity contribution >= 4 is 23.9 Å². The van der Waals surface area contributed by atoms with Gasteiger partial charge in [-0.15, -0.1) is 0 Å². The highest BCUT2D eigenvalue weighted by molar-refractivity contribution is 6.21. The molecule has 3 rings (SSSR count). The topological polar surface area (TPSA) is 103 Å². The lowest BCUT2D eigenvalue weighted by atomic mass is 10.1. The van der Waals surface area contributed by atoms with E-state index < -0.39 is 0 Å². The summed E-state index contributed by atoms with van der Waals surface area (Å²) in [6, 6.07) is 7.19. The molecule has 9 nitrogen and oxygen atoms in total. The van der Waals surface area contributed by atoms with E-state index in [0.717, 1.165) is 25.2 Å². The van der Waals surface area contributed by atoms with Crippen molar-refractivity contribution in [3.8, 4) is 0 Å². The summed E-state index contributed by atoms with van der Waals surface area (Å²) < 4.78 is 5.05. The molecule has 1 aromatic carbocycles. The van der Waals surface area contributed by atoms with Gasteiger partial charge in [-0.25, -0.2) is 4.79 Å². The van der Waals surface area contributed by atoms with E-state index in [1.165, 1.54) is 4.90 Å². The van der Waals surface area contributed by atoms with Crippen LogP contribution in [0, 0.1) is 0 Å². The predicted octanol–water partition coefficient (Wildman–Crippen LogP) is 1.85. The van der Waals surface area contributed by atoms with E-state index >= 15 is 0 Å². The lowest BCUT2D eigenvalue weighted by Crippen LogP contribution is -2.50. The van der Waals surface area contributed by atoms with Gasteiger partial charge in [0.1, 0.15) is 0 Å². The zero-order valence-corrected chi connectivity index (χ0v) is 18.2. The largest absolute Gasteiger partial charge is 0.450 e. The number of nitrogens with one attached hydrogen (secondary N) is 2. The number of piperidine rings is 1. The fourth-order valence-electron chi connectivity index (χ4n) is 3.85. The number of fused-ring (bicyclic) bond motifs is 1. The van der Waals surface area contributed by atoms with Crippen LogP contribution in [0.25, 0.3) is 0 Å². The van der Waals surface area contributed by atoms with Crippen molar-refractivity contribution in [1.29, 1.82) is 0 Å². The van der Waals surface area contributed by atoms with E-state index in [4.69, 9.17) is 4.74 Å². The standard InChI is InChI=1S/C22H31N5O4/c1-3-31-22(30)26-14-10-16(11-15-26)25-21(23-2)24-12-6-7-13-27-19(28)17-8-4-5-9-18(17)20(27)29/h4-5,8-9,16H,3,6-7,10-15H2,1-2H3,(H2,23,24,25). The Morgan fingerprint density at radius 1 is 1.13 bits per heavy atom. The number of unbranched alkanes of at least 4 members (excludes halogenated alkanes) is 1. The van der Waals surface area contributed by atoms with Crippen molar-refractivity contribution in [2.75, 3.05) is 39.8 Å². The van der Waals surface area contributed by atoms with Gasteiger partial charge in [0.2, 0.25) is 0 Å². The van der Waals surface area contributed by atoms with Gasteiger partial charge in [0.15, 0.2) is 5.96 Å². The first kappa shape index (κ1) is 22.6. The maximum atomic E-state index is 12.4. The Morgan fingerprint density at radius 2 is 1.77 bits per heavy atom. The van der Waals surface area contributed by atoms with Gasteiger partial charge in [-0.1, -0.05) is 12.1 Å². The first-order chi connectivity index (χ1) is 15.0. The molecule has 0 unspecified atom stereocenters. The quantitative estimate of drug-likeness (QED) is 0.297. The molecule has 1 fully saturated rings. The average molecular weight is 430 g/mol. The molecular weight excluding hydrogens is 398 g/mol. The van der Waals surface area contributed by atoms with Gasteiger partial charge in [-0.05, 0) is 44.7 Å². The Hall–Kier alpha value is -3.10. The summed E-state index contributed by atoms with van der Waals surface area (Å²) in [5, 5.41) is 6.68. The van der Waals surface area contributed by atoms with Crippen LogP contribution in [0.2, 0.25) is 0 Å². The molecule has 0 atom stereocenters. The molecule has 2 N–H and O–H groups in total. The van der Waals surface area contributed by atoms with Crippen LogP contribution in [-0.4, -0.2) is 79.5 Å². The van der Waals surface area contributed by atoms with Crippen molar-refractivity contribution in [1.82, 2.24) is 20.4 Å². The lowest BCUT2D eigenvalue weighted by molar-refractivity contribution is 0.0651. The predicted molar refractivity (Wildman–Crippen MR) is 117 cm³/mol. The van der Waals surface area contributed by atoms with Crippen LogP contribution in [0.5, 0.6) is 0 Å². The summed E-state index contributed by atoms with van der Waals surface area (Å²) >= 11 is 0. The summed E-state index contributed by atoms with van der Waals surface area (Å²) in [4.78, 5) is 43.9. The summed E-state index contributed by atoms with van der Waals surface area (Å²) in [6.07, 6.45) is 2.93. The Balaban J connectivity index is 1.34. The third-order valence-corrected chi connectivity index (χ3v) is 5.56. The molecular formula is C22H31N5O4. The number of benzene rings is 1. The second kappa shape index (κ2) is 10.8. The molecule has 3 amide bonds. The number of hydrogen-bond donors (Lipinski definition) is 2. The average Bonchev–Trinajstić information content (AvgIpc) is 3.03. The van der Waals surface area contributed by atoms with Crippen molar-refractivity contribution in [2.24, 2.45) is 4.99 Å². The highest BCUT2D eigenvalue weighted by Gasteiger charge is 2.34. The van der Waals surface area contributed by atoms with E-state index in [2.05, 4.69) is 15.6 Å². The van der Waals surface area contributed by atoms with E-state index in [9.17, 15) is 14.4 Å². The summed E-state index contributed by atoms with van der Waals surface area (Å²) in [7, 11) is 1.72. The minimum Gasteiger partial charge on any atom is -0.450 e. The van der Waals surface area contributed by atoms with E-state index in [1.54, 1.807) is 36.2 Å². The van der Waals surface area contributed by atoms with Crippen LogP contribution in [0.15, 0.2) is 29.3 Å². The first-order valence-electron chi connectivity index (χ1n) is 10.9. The molecule has 31 heavy (non-hydrogen) atoms. The number of guanidine groups is 1. The number of rotatable bonds is 7. The number of imide groups is 1. The van der Waals surface area contributed by atoms with E-state index in [-0.39, 0.29) is 23.9 Å². The number of carbonyl (C=O) groups excluding carboxylic acids is 3. The van der Waals surface area contributed by atoms with Gasteiger partial charge in [0, 0.05) is 39.3 Å². The molecule has 0 saturated carbocycles. The zero-order chi connectivity index (χ0) is 22.2. The Labute approximate surface area is 182 Å². The summed E-state index contributed by atoms with van der Waals surface area (Å²) in [5.74, 6) is 0.302. The van der Waals surface area contributed by atoms with Gasteiger partial charge in [0.25, 0.3) is 11.8 Å². The number of carbonyl (C=O) groups is 3. The highest BCUT2D eigenvalue weighted by atomic mass is 16.6. The molecule has 2 heterocycles. The molecule has 2 aliphatic heterocycles. The third-order valence-electron chi connectivity index (χ3n) is 5.56. The molecule has 9 heteroatoms. The Morgan fingerprint density at radius 3 is 2.35 bits per heavy atom. The van der Waals surface area contributed by atoms with Gasteiger partial charge in [-0.2, -0.15) is 0 Å². The van der Waals surface area contributed by atoms with Crippen LogP contribution >= 0.6 is 0 Å². The monoisotopic (exact) mass is 429 g/mol. The fourth-order valence-corrected chi connectivity index (χ4v) is 3.85. The summed E-state index contributed by atoms with van der Waals surface area (Å²) in [6.45, 7) is 4.61.